The van der Waals surface area contributed by atoms with Gasteiger partial charge in [0, 0.05) is 16.6 Å². The van der Waals surface area contributed by atoms with Crippen molar-refractivity contribution in [2.75, 3.05) is 5.32 Å². The number of nitrogens with zero attached hydrogens (tertiary/aromatic N) is 3. The van der Waals surface area contributed by atoms with E-state index in [1.165, 1.54) is 12.1 Å². The lowest BCUT2D eigenvalue weighted by Gasteiger charge is -2.12. The summed E-state index contributed by atoms with van der Waals surface area (Å²) in [5, 5.41) is 17.0. The molecule has 12 heteroatoms. The molecule has 0 radical (unpaired) electrons. The van der Waals surface area contributed by atoms with Gasteiger partial charge >= 0.3 is 6.61 Å². The van der Waals surface area contributed by atoms with Crippen LogP contribution in [-0.2, 0) is 0 Å². The number of ether oxygens (including phenoxy) is 1. The molecule has 2 heterocycles. The average molecular weight is 529 g/mol. The van der Waals surface area contributed by atoms with E-state index in [1.54, 1.807) is 24.3 Å². The van der Waals surface area contributed by atoms with E-state index in [4.69, 9.17) is 4.42 Å². The van der Waals surface area contributed by atoms with Gasteiger partial charge in [0.2, 0.25) is 5.82 Å². The maximum absolute atomic E-state index is 12.6. The third-order valence-electron chi connectivity index (χ3n) is 3.81. The van der Waals surface area contributed by atoms with Crippen LogP contribution >= 0.6 is 31.9 Å². The first-order valence-corrected chi connectivity index (χ1v) is 9.52. The zero-order valence-corrected chi connectivity index (χ0v) is 17.3. The fourth-order valence-corrected chi connectivity index (χ4v) is 3.96. The number of furan rings is 1. The highest BCUT2D eigenvalue weighted by Crippen LogP contribution is 2.37. The van der Waals surface area contributed by atoms with Gasteiger partial charge in [0.25, 0.3) is 5.91 Å². The molecule has 0 aliphatic rings. The number of amides is 1. The van der Waals surface area contributed by atoms with Crippen LogP contribution in [0.15, 0.2) is 49.8 Å². The maximum atomic E-state index is 12.6. The van der Waals surface area contributed by atoms with Crippen LogP contribution in [0.4, 0.5) is 14.5 Å². The van der Waals surface area contributed by atoms with Gasteiger partial charge < -0.3 is 14.5 Å². The first-order chi connectivity index (χ1) is 13.9. The lowest BCUT2D eigenvalue weighted by atomic mass is 10.1. The van der Waals surface area contributed by atoms with E-state index in [-0.39, 0.29) is 14.7 Å². The topological polar surface area (TPSA) is 106 Å². The highest BCUT2D eigenvalue weighted by atomic mass is 79.9. The van der Waals surface area contributed by atoms with Crippen molar-refractivity contribution in [2.24, 2.45) is 0 Å². The van der Waals surface area contributed by atoms with Crippen molar-refractivity contribution in [2.45, 2.75) is 6.61 Å². The van der Waals surface area contributed by atoms with Gasteiger partial charge in [0.05, 0.1) is 8.95 Å². The number of H-pyrrole nitrogens is 1. The van der Waals surface area contributed by atoms with Gasteiger partial charge in [0.1, 0.15) is 5.58 Å². The third-order valence-corrected chi connectivity index (χ3v) is 4.99. The summed E-state index contributed by atoms with van der Waals surface area (Å²) in [5.41, 5.74) is 1.19. The van der Waals surface area contributed by atoms with Gasteiger partial charge in [-0.3, -0.25) is 4.79 Å². The molecule has 1 amide bonds. The number of hydrogen-bond donors (Lipinski definition) is 2. The molecular weight excluding hydrogens is 520 g/mol. The predicted octanol–water partition coefficient (Wildman–Crippen LogP) is 4.99. The van der Waals surface area contributed by atoms with E-state index in [1.807, 2.05) is 0 Å². The molecule has 0 atom stereocenters. The first-order valence-electron chi connectivity index (χ1n) is 7.93. The molecule has 2 aromatic heterocycles. The fourth-order valence-electron chi connectivity index (χ4n) is 2.59. The number of anilines is 1. The van der Waals surface area contributed by atoms with Crippen molar-refractivity contribution in [3.05, 3.63) is 50.9 Å². The molecule has 0 aliphatic heterocycles. The van der Waals surface area contributed by atoms with Crippen LogP contribution in [0.2, 0.25) is 0 Å². The molecule has 29 heavy (non-hydrogen) atoms. The number of fused-ring (bicyclic) bond motifs is 1. The highest BCUT2D eigenvalue weighted by Gasteiger charge is 2.16. The minimum atomic E-state index is -2.97. The minimum absolute atomic E-state index is 0.0657. The number of benzene rings is 2. The van der Waals surface area contributed by atoms with Crippen molar-refractivity contribution < 1.29 is 22.7 Å². The van der Waals surface area contributed by atoms with Gasteiger partial charge in [0.15, 0.2) is 11.5 Å². The predicted molar refractivity (Wildman–Crippen MR) is 106 cm³/mol. The molecule has 0 fully saturated rings. The molecule has 4 rings (SSSR count). The molecule has 148 valence electrons. The monoisotopic (exact) mass is 527 g/mol. The Labute approximate surface area is 177 Å². The van der Waals surface area contributed by atoms with Crippen molar-refractivity contribution >= 4 is 54.4 Å². The smallest absolute Gasteiger partial charge is 0.387 e. The summed E-state index contributed by atoms with van der Waals surface area (Å²) in [5.74, 6) is 0.233. The van der Waals surface area contributed by atoms with Crippen molar-refractivity contribution in [1.29, 1.82) is 0 Å². The van der Waals surface area contributed by atoms with Gasteiger partial charge in [-0.1, -0.05) is 6.07 Å². The second kappa shape index (κ2) is 7.87. The number of tetrazole rings is 1. The Bertz CT molecular complexity index is 1170. The molecule has 0 aliphatic carbocycles. The lowest BCUT2D eigenvalue weighted by molar-refractivity contribution is -0.0508. The zero-order chi connectivity index (χ0) is 20.5. The van der Waals surface area contributed by atoms with E-state index in [9.17, 15) is 13.6 Å². The summed E-state index contributed by atoms with van der Waals surface area (Å²) in [6.07, 6.45) is 0. The Morgan fingerprint density at radius 2 is 1.93 bits per heavy atom. The quantitative estimate of drug-likeness (QED) is 0.378. The van der Waals surface area contributed by atoms with Crippen LogP contribution < -0.4 is 10.1 Å². The Morgan fingerprint density at radius 3 is 2.59 bits per heavy atom. The van der Waals surface area contributed by atoms with Crippen molar-refractivity contribution in [1.82, 2.24) is 20.6 Å². The molecular formula is C17H9Br2F2N5O3. The number of aromatic amines is 1. The Kier molecular flexibility index (Phi) is 5.28. The van der Waals surface area contributed by atoms with Gasteiger partial charge in [-0.2, -0.15) is 14.0 Å². The van der Waals surface area contributed by atoms with Gasteiger partial charge in [-0.15, -0.1) is 10.2 Å². The Balaban J connectivity index is 1.57. The Hall–Kier alpha value is -2.86. The van der Waals surface area contributed by atoms with Crippen LogP contribution in [0.3, 0.4) is 0 Å². The molecule has 0 saturated carbocycles. The zero-order valence-electron chi connectivity index (χ0n) is 14.1. The minimum Gasteiger partial charge on any atom is -0.453 e. The Morgan fingerprint density at radius 1 is 1.17 bits per heavy atom. The molecule has 0 spiro atoms. The van der Waals surface area contributed by atoms with E-state index in [0.29, 0.717) is 28.4 Å². The molecule has 0 saturated heterocycles. The molecule has 4 aromatic rings. The summed E-state index contributed by atoms with van der Waals surface area (Å²) >= 11 is 6.31. The van der Waals surface area contributed by atoms with Crippen molar-refractivity contribution in [3.63, 3.8) is 0 Å². The summed E-state index contributed by atoms with van der Waals surface area (Å²) in [6.45, 7) is -2.97. The van der Waals surface area contributed by atoms with E-state index >= 15 is 0 Å². The van der Waals surface area contributed by atoms with Crippen LogP contribution in [0.1, 0.15) is 10.4 Å². The van der Waals surface area contributed by atoms with E-state index < -0.39 is 12.5 Å². The van der Waals surface area contributed by atoms with Crippen LogP contribution in [0.25, 0.3) is 22.6 Å². The van der Waals surface area contributed by atoms with Crippen LogP contribution in [-0.4, -0.2) is 33.1 Å². The molecule has 0 unspecified atom stereocenters. The normalized spacial score (nSPS) is 11.2. The second-order valence-electron chi connectivity index (χ2n) is 5.70. The number of rotatable bonds is 5. The number of hydrogen-bond acceptors (Lipinski definition) is 6. The summed E-state index contributed by atoms with van der Waals surface area (Å²) in [7, 11) is 0. The standard InChI is InChI=1S/C17H9Br2F2N5O3/c18-10-5-9(6-11(19)14(10)29-17(20)21)22-16(27)8-2-1-7-3-13(28-12(7)4-8)15-23-25-26-24-15/h1-6,17H,(H,22,27)(H,23,24,25,26). The summed E-state index contributed by atoms with van der Waals surface area (Å²) in [4.78, 5) is 12.6. The molecule has 2 N–H and O–H groups in total. The fraction of sp³-hybridized carbons (Fsp3) is 0.0588. The summed E-state index contributed by atoms with van der Waals surface area (Å²) in [6, 6.07) is 9.58. The van der Waals surface area contributed by atoms with E-state index in [0.717, 1.165) is 5.39 Å². The maximum Gasteiger partial charge on any atom is 0.387 e. The highest BCUT2D eigenvalue weighted by molar-refractivity contribution is 9.11. The summed E-state index contributed by atoms with van der Waals surface area (Å²) < 4.78 is 35.6. The lowest BCUT2D eigenvalue weighted by Crippen LogP contribution is -2.12. The number of carbonyl (C=O) groups excluding carboxylic acids is 1. The van der Waals surface area contributed by atoms with Gasteiger partial charge in [-0.25, -0.2) is 0 Å². The van der Waals surface area contributed by atoms with Crippen molar-refractivity contribution in [3.8, 4) is 17.3 Å². The molecule has 8 nitrogen and oxygen atoms in total. The second-order valence-corrected chi connectivity index (χ2v) is 7.41. The third kappa shape index (κ3) is 4.12. The molecule has 2 aromatic carbocycles. The average Bonchev–Trinajstić information content (AvgIpc) is 3.33. The van der Waals surface area contributed by atoms with E-state index in [2.05, 4.69) is 62.5 Å². The number of aromatic nitrogens is 4. The van der Waals surface area contributed by atoms with Crippen LogP contribution in [0, 0.1) is 0 Å². The largest absolute Gasteiger partial charge is 0.453 e. The first kappa shape index (κ1) is 19.5. The van der Waals surface area contributed by atoms with Gasteiger partial charge in [-0.05, 0) is 67.4 Å². The molecule has 0 bridgehead atoms. The number of halogens is 4. The van der Waals surface area contributed by atoms with Crippen LogP contribution in [0.5, 0.6) is 5.75 Å². The number of nitrogens with one attached hydrogen (secondary N) is 2. The SMILES string of the molecule is O=C(Nc1cc(Br)c(OC(F)F)c(Br)c1)c1ccc2cc(-c3nn[nH]n3)oc2c1. The number of alkyl halides is 2. The number of carbonyl (C=O) groups is 1.